The Hall–Kier alpha value is -1.79. The number of nitrogens with two attached hydrogens (primary N) is 1. The fourth-order valence-electron chi connectivity index (χ4n) is 1.93. The average Bonchev–Trinajstić information content (AvgIpc) is 2.46. The predicted octanol–water partition coefficient (Wildman–Crippen LogP) is 2.74. The summed E-state index contributed by atoms with van der Waals surface area (Å²) in [6.07, 6.45) is 0. The van der Waals surface area contributed by atoms with Crippen LogP contribution in [0.5, 0.6) is 0 Å². The van der Waals surface area contributed by atoms with Gasteiger partial charge in [-0.1, -0.05) is 19.9 Å². The van der Waals surface area contributed by atoms with E-state index in [0.717, 1.165) is 0 Å². The second-order valence-corrected chi connectivity index (χ2v) is 6.56. The lowest BCUT2D eigenvalue weighted by Gasteiger charge is -2.33. The van der Waals surface area contributed by atoms with Crippen LogP contribution in [0, 0.1) is 5.92 Å². The van der Waals surface area contributed by atoms with Crippen LogP contribution in [0.15, 0.2) is 24.3 Å². The fourth-order valence-corrected chi connectivity index (χ4v) is 1.93. The van der Waals surface area contributed by atoms with Crippen molar-refractivity contribution < 1.29 is 9.59 Å². The topological polar surface area (TPSA) is 96.2 Å². The lowest BCUT2D eigenvalue weighted by Crippen LogP contribution is -2.55. The lowest BCUT2D eigenvalue weighted by atomic mass is 9.88. The molecule has 0 radical (unpaired) electrons. The highest BCUT2D eigenvalue weighted by atomic mass is 35.5. The van der Waals surface area contributed by atoms with Crippen molar-refractivity contribution in [2.24, 2.45) is 11.7 Å². The molecule has 0 aliphatic rings. The molecular formula is C17H29ClN4O2. The molecule has 0 fully saturated rings. The van der Waals surface area contributed by atoms with Crippen molar-refractivity contribution in [1.29, 1.82) is 0 Å². The molecular weight excluding hydrogens is 328 g/mol. The number of anilines is 1. The van der Waals surface area contributed by atoms with Crippen LogP contribution in [0.1, 0.15) is 45.0 Å². The van der Waals surface area contributed by atoms with Crippen molar-refractivity contribution in [1.82, 2.24) is 10.6 Å². The summed E-state index contributed by atoms with van der Waals surface area (Å²) in [7, 11) is 0. The highest BCUT2D eigenvalue weighted by Gasteiger charge is 2.28. The number of halogens is 1. The van der Waals surface area contributed by atoms with Gasteiger partial charge in [-0.2, -0.15) is 0 Å². The molecule has 0 aliphatic carbocycles. The minimum atomic E-state index is -0.477. The van der Waals surface area contributed by atoms with Crippen LogP contribution in [0.4, 0.5) is 10.5 Å². The third-order valence-corrected chi connectivity index (χ3v) is 3.90. The van der Waals surface area contributed by atoms with Crippen LogP contribution in [-0.2, 0) is 0 Å². The molecule has 1 aromatic rings. The number of amides is 3. The third-order valence-electron chi connectivity index (χ3n) is 3.90. The Bertz CT molecular complexity index is 563. The molecule has 0 spiro atoms. The Morgan fingerprint density at radius 2 is 1.83 bits per heavy atom. The molecule has 1 rings (SSSR count). The zero-order valence-corrected chi connectivity index (χ0v) is 15.8. The van der Waals surface area contributed by atoms with Crippen molar-refractivity contribution in [2.45, 2.75) is 46.2 Å². The van der Waals surface area contributed by atoms with Gasteiger partial charge in [-0.25, -0.2) is 4.79 Å². The normalized spacial score (nSPS) is 13.0. The second-order valence-electron chi connectivity index (χ2n) is 6.56. The Kier molecular flexibility index (Phi) is 8.78. The van der Waals surface area contributed by atoms with E-state index in [9.17, 15) is 9.59 Å². The summed E-state index contributed by atoms with van der Waals surface area (Å²) in [5.41, 5.74) is 6.36. The molecule has 0 heterocycles. The largest absolute Gasteiger partial charge is 0.345 e. The van der Waals surface area contributed by atoms with E-state index in [0.29, 0.717) is 17.8 Å². The highest BCUT2D eigenvalue weighted by Crippen LogP contribution is 2.17. The number of urea groups is 1. The first kappa shape index (κ1) is 22.2. The van der Waals surface area contributed by atoms with Gasteiger partial charge in [0.25, 0.3) is 5.91 Å². The van der Waals surface area contributed by atoms with Gasteiger partial charge in [0, 0.05) is 23.8 Å². The number of rotatable bonds is 6. The Morgan fingerprint density at radius 1 is 1.21 bits per heavy atom. The van der Waals surface area contributed by atoms with E-state index in [-0.39, 0.29) is 36.3 Å². The first-order valence-electron chi connectivity index (χ1n) is 7.88. The van der Waals surface area contributed by atoms with Crippen LogP contribution in [0.3, 0.4) is 0 Å². The van der Waals surface area contributed by atoms with Gasteiger partial charge >= 0.3 is 6.03 Å². The molecule has 0 saturated heterocycles. The maximum absolute atomic E-state index is 12.4. The number of hydrogen-bond donors (Lipinski definition) is 4. The SMILES string of the molecule is CC(C)NC(=O)Nc1cccc(C(=O)NC(C)(CN)C(C)C)c1.Cl. The van der Waals surface area contributed by atoms with Gasteiger partial charge in [-0.05, 0) is 44.9 Å². The van der Waals surface area contributed by atoms with Crippen molar-refractivity contribution >= 4 is 30.0 Å². The minimum absolute atomic E-state index is 0. The number of benzene rings is 1. The van der Waals surface area contributed by atoms with Gasteiger partial charge in [-0.3, -0.25) is 4.79 Å². The molecule has 24 heavy (non-hydrogen) atoms. The molecule has 0 aromatic heterocycles. The van der Waals surface area contributed by atoms with E-state index >= 15 is 0 Å². The Balaban J connectivity index is 0.00000529. The van der Waals surface area contributed by atoms with Crippen molar-refractivity contribution in [2.75, 3.05) is 11.9 Å². The maximum atomic E-state index is 12.4. The van der Waals surface area contributed by atoms with Crippen molar-refractivity contribution in [3.05, 3.63) is 29.8 Å². The average molecular weight is 357 g/mol. The van der Waals surface area contributed by atoms with E-state index in [4.69, 9.17) is 5.73 Å². The zero-order chi connectivity index (χ0) is 17.6. The molecule has 1 atom stereocenters. The van der Waals surface area contributed by atoms with Gasteiger partial charge in [0.15, 0.2) is 0 Å². The minimum Gasteiger partial charge on any atom is -0.345 e. The van der Waals surface area contributed by atoms with E-state index < -0.39 is 5.54 Å². The van der Waals surface area contributed by atoms with Crippen LogP contribution in [0.2, 0.25) is 0 Å². The highest BCUT2D eigenvalue weighted by molar-refractivity contribution is 5.97. The number of carbonyl (C=O) groups is 2. The van der Waals surface area contributed by atoms with Crippen LogP contribution in [-0.4, -0.2) is 30.1 Å². The summed E-state index contributed by atoms with van der Waals surface area (Å²) in [6.45, 7) is 10.1. The molecule has 0 bridgehead atoms. The number of carbonyl (C=O) groups excluding carboxylic acids is 2. The van der Waals surface area contributed by atoms with Gasteiger partial charge in [0.2, 0.25) is 0 Å². The molecule has 0 aliphatic heterocycles. The van der Waals surface area contributed by atoms with E-state index in [1.807, 2.05) is 34.6 Å². The Labute approximate surface area is 150 Å². The van der Waals surface area contributed by atoms with Crippen LogP contribution < -0.4 is 21.7 Å². The maximum Gasteiger partial charge on any atom is 0.319 e. The smallest absolute Gasteiger partial charge is 0.319 e. The summed E-state index contributed by atoms with van der Waals surface area (Å²) in [6, 6.07) is 6.56. The van der Waals surface area contributed by atoms with E-state index in [2.05, 4.69) is 16.0 Å². The fraction of sp³-hybridized carbons (Fsp3) is 0.529. The van der Waals surface area contributed by atoms with Gasteiger partial charge in [0.1, 0.15) is 0 Å². The van der Waals surface area contributed by atoms with E-state index in [1.165, 1.54) is 0 Å². The van der Waals surface area contributed by atoms with Crippen LogP contribution >= 0.6 is 12.4 Å². The summed E-state index contributed by atoms with van der Waals surface area (Å²) in [5, 5.41) is 8.43. The van der Waals surface area contributed by atoms with Gasteiger partial charge in [0.05, 0.1) is 5.54 Å². The zero-order valence-electron chi connectivity index (χ0n) is 15.0. The Morgan fingerprint density at radius 3 is 2.33 bits per heavy atom. The first-order valence-corrected chi connectivity index (χ1v) is 7.88. The molecule has 5 N–H and O–H groups in total. The standard InChI is InChI=1S/C17H28N4O2.ClH/c1-11(2)17(5,10-18)21-15(22)13-7-6-8-14(9-13)20-16(23)19-12(3)4;/h6-9,11-12H,10,18H2,1-5H3,(H,21,22)(H2,19,20,23);1H. The molecule has 6 nitrogen and oxygen atoms in total. The predicted molar refractivity (Wildman–Crippen MR) is 101 cm³/mol. The summed E-state index contributed by atoms with van der Waals surface area (Å²) >= 11 is 0. The molecule has 7 heteroatoms. The number of nitrogens with one attached hydrogen (secondary N) is 3. The van der Waals surface area contributed by atoms with Crippen molar-refractivity contribution in [3.8, 4) is 0 Å². The molecule has 136 valence electrons. The van der Waals surface area contributed by atoms with Gasteiger partial charge in [-0.15, -0.1) is 12.4 Å². The summed E-state index contributed by atoms with van der Waals surface area (Å²) < 4.78 is 0. The summed E-state index contributed by atoms with van der Waals surface area (Å²) in [4.78, 5) is 24.2. The second kappa shape index (κ2) is 9.49. The first-order chi connectivity index (χ1) is 10.7. The van der Waals surface area contributed by atoms with Crippen LogP contribution in [0.25, 0.3) is 0 Å². The molecule has 0 saturated carbocycles. The number of hydrogen-bond acceptors (Lipinski definition) is 3. The quantitative estimate of drug-likeness (QED) is 0.631. The molecule has 1 aromatic carbocycles. The van der Waals surface area contributed by atoms with E-state index in [1.54, 1.807) is 24.3 Å². The molecule has 1 unspecified atom stereocenters. The molecule has 3 amide bonds. The lowest BCUT2D eigenvalue weighted by molar-refractivity contribution is 0.0883. The van der Waals surface area contributed by atoms with Gasteiger partial charge < -0.3 is 21.7 Å². The third kappa shape index (κ3) is 6.37. The monoisotopic (exact) mass is 356 g/mol. The summed E-state index contributed by atoms with van der Waals surface area (Å²) in [5.74, 6) is -0.00542. The van der Waals surface area contributed by atoms with Crippen molar-refractivity contribution in [3.63, 3.8) is 0 Å².